The van der Waals surface area contributed by atoms with Gasteiger partial charge in [-0.15, -0.1) is 0 Å². The second-order valence-corrected chi connectivity index (χ2v) is 8.29. The van der Waals surface area contributed by atoms with Crippen molar-refractivity contribution in [3.05, 3.63) is 70.5 Å². The molecule has 3 aromatic rings. The van der Waals surface area contributed by atoms with Crippen molar-refractivity contribution < 1.29 is 4.39 Å². The number of hydrogen-bond donors (Lipinski definition) is 3. The van der Waals surface area contributed by atoms with Gasteiger partial charge in [0, 0.05) is 75.4 Å². The van der Waals surface area contributed by atoms with Crippen molar-refractivity contribution in [1.82, 2.24) is 25.3 Å². The Morgan fingerprint density at radius 1 is 1.03 bits per heavy atom. The number of halogens is 1. The van der Waals surface area contributed by atoms with E-state index in [-0.39, 0.29) is 17.3 Å². The fourth-order valence-electron chi connectivity index (χ4n) is 4.42. The van der Waals surface area contributed by atoms with Gasteiger partial charge in [0.25, 0.3) is 5.56 Å². The molecule has 0 saturated carbocycles. The number of rotatable bonds is 4. The van der Waals surface area contributed by atoms with Crippen LogP contribution in [0.2, 0.25) is 0 Å². The van der Waals surface area contributed by atoms with Crippen molar-refractivity contribution in [2.75, 3.05) is 61.5 Å². The number of nitrogens with zero attached hydrogens (tertiary/aromatic N) is 5. The van der Waals surface area contributed by atoms with Gasteiger partial charge >= 0.3 is 0 Å². The van der Waals surface area contributed by atoms with Gasteiger partial charge in [0.1, 0.15) is 0 Å². The SMILES string of the molecule is Nn1c(N2CCNC(c3ccc(N4CCNCC4)cc3)C2)nc(-c2ccncc2F)cc1=O. The summed E-state index contributed by atoms with van der Waals surface area (Å²) in [6, 6.07) is 11.4. The van der Waals surface area contributed by atoms with Crippen LogP contribution in [0.4, 0.5) is 16.0 Å². The van der Waals surface area contributed by atoms with Crippen LogP contribution in [0, 0.1) is 5.82 Å². The Bertz CT molecular complexity index is 1180. The highest BCUT2D eigenvalue weighted by atomic mass is 19.1. The van der Waals surface area contributed by atoms with Crippen LogP contribution in [0.1, 0.15) is 11.6 Å². The third-order valence-electron chi connectivity index (χ3n) is 6.22. The van der Waals surface area contributed by atoms with Gasteiger partial charge in [0.05, 0.1) is 11.9 Å². The van der Waals surface area contributed by atoms with E-state index in [4.69, 9.17) is 5.84 Å². The molecule has 2 aromatic heterocycles. The number of nitrogens with one attached hydrogen (secondary N) is 2. The molecule has 4 N–H and O–H groups in total. The Balaban J connectivity index is 1.39. The molecule has 1 aromatic carbocycles. The number of nitrogen functional groups attached to an aromatic ring is 1. The molecule has 0 radical (unpaired) electrons. The molecule has 33 heavy (non-hydrogen) atoms. The number of hydrogen-bond acceptors (Lipinski definition) is 8. The molecule has 10 heteroatoms. The lowest BCUT2D eigenvalue weighted by Gasteiger charge is -2.35. The average molecular weight is 451 g/mol. The molecule has 0 bridgehead atoms. The summed E-state index contributed by atoms with van der Waals surface area (Å²) in [6.45, 7) is 5.91. The predicted molar refractivity (Wildman–Crippen MR) is 126 cm³/mol. The van der Waals surface area contributed by atoms with E-state index in [0.29, 0.717) is 25.6 Å². The van der Waals surface area contributed by atoms with E-state index in [2.05, 4.69) is 49.8 Å². The number of piperazine rings is 2. The third-order valence-corrected chi connectivity index (χ3v) is 6.22. The van der Waals surface area contributed by atoms with E-state index in [1.165, 1.54) is 24.0 Å². The second-order valence-electron chi connectivity index (χ2n) is 8.29. The van der Waals surface area contributed by atoms with Crippen LogP contribution in [0.5, 0.6) is 0 Å². The molecule has 1 unspecified atom stereocenters. The molecule has 2 fully saturated rings. The molecule has 0 amide bonds. The number of pyridine rings is 1. The predicted octanol–water partition coefficient (Wildman–Crippen LogP) is 0.719. The van der Waals surface area contributed by atoms with Crippen molar-refractivity contribution in [3.63, 3.8) is 0 Å². The first-order valence-corrected chi connectivity index (χ1v) is 11.1. The summed E-state index contributed by atoms with van der Waals surface area (Å²) < 4.78 is 15.3. The van der Waals surface area contributed by atoms with Gasteiger partial charge in [-0.25, -0.2) is 9.37 Å². The Morgan fingerprint density at radius 2 is 1.79 bits per heavy atom. The number of anilines is 2. The Hall–Kier alpha value is -3.50. The molecule has 9 nitrogen and oxygen atoms in total. The molecular weight excluding hydrogens is 423 g/mol. The zero-order valence-electron chi connectivity index (χ0n) is 18.2. The normalized spacial score (nSPS) is 19.0. The maximum Gasteiger partial charge on any atom is 0.273 e. The lowest BCUT2D eigenvalue weighted by Crippen LogP contribution is -2.49. The minimum Gasteiger partial charge on any atom is -0.369 e. The van der Waals surface area contributed by atoms with Crippen molar-refractivity contribution in [2.45, 2.75) is 6.04 Å². The number of nitrogens with two attached hydrogens (primary N) is 1. The van der Waals surface area contributed by atoms with Gasteiger partial charge in [0.15, 0.2) is 5.82 Å². The van der Waals surface area contributed by atoms with Gasteiger partial charge in [-0.05, 0) is 23.8 Å². The lowest BCUT2D eigenvalue weighted by atomic mass is 10.0. The van der Waals surface area contributed by atoms with Crippen molar-refractivity contribution >= 4 is 11.6 Å². The van der Waals surface area contributed by atoms with Crippen molar-refractivity contribution in [2.24, 2.45) is 0 Å². The Labute approximate surface area is 191 Å². The summed E-state index contributed by atoms with van der Waals surface area (Å²) in [5, 5.41) is 6.91. The maximum atomic E-state index is 14.3. The lowest BCUT2D eigenvalue weighted by molar-refractivity contribution is 0.463. The fraction of sp³-hybridized carbons (Fsp3) is 0.348. The van der Waals surface area contributed by atoms with E-state index in [0.717, 1.165) is 42.6 Å². The molecule has 0 aliphatic carbocycles. The van der Waals surface area contributed by atoms with Crippen LogP contribution in [0.15, 0.2) is 53.6 Å². The first kappa shape index (κ1) is 21.4. The summed E-state index contributed by atoms with van der Waals surface area (Å²) in [5.41, 5.74) is 2.39. The minimum absolute atomic E-state index is 0.0500. The van der Waals surface area contributed by atoms with Crippen molar-refractivity contribution in [3.8, 4) is 11.3 Å². The van der Waals surface area contributed by atoms with E-state index < -0.39 is 11.4 Å². The topological polar surface area (TPSA) is 104 Å². The highest BCUT2D eigenvalue weighted by Gasteiger charge is 2.25. The molecular formula is C23H27FN8O. The van der Waals surface area contributed by atoms with Gasteiger partial charge in [0.2, 0.25) is 5.95 Å². The standard InChI is InChI=1S/C23H27FN8O/c24-19-14-27-6-5-18(19)20-13-22(33)32(25)23(29-20)31-12-9-28-21(15-31)16-1-3-17(4-2-16)30-10-7-26-8-11-30/h1-6,13-14,21,26,28H,7-12,15,25H2. The van der Waals surface area contributed by atoms with Crippen LogP contribution in [-0.4, -0.2) is 60.5 Å². The molecule has 2 aliphatic rings. The van der Waals surface area contributed by atoms with Gasteiger partial charge in [-0.2, -0.15) is 4.68 Å². The Kier molecular flexibility index (Phi) is 5.93. The van der Waals surface area contributed by atoms with E-state index in [1.807, 2.05) is 4.90 Å². The van der Waals surface area contributed by atoms with Crippen LogP contribution >= 0.6 is 0 Å². The van der Waals surface area contributed by atoms with E-state index in [1.54, 1.807) is 0 Å². The quantitative estimate of drug-likeness (QED) is 0.500. The van der Waals surface area contributed by atoms with E-state index in [9.17, 15) is 9.18 Å². The summed E-state index contributed by atoms with van der Waals surface area (Å²) >= 11 is 0. The van der Waals surface area contributed by atoms with Gasteiger partial charge < -0.3 is 26.3 Å². The summed E-state index contributed by atoms with van der Waals surface area (Å²) in [6.07, 6.45) is 2.58. The monoisotopic (exact) mass is 450 g/mol. The fourth-order valence-corrected chi connectivity index (χ4v) is 4.42. The summed E-state index contributed by atoms with van der Waals surface area (Å²) in [4.78, 5) is 25.2. The highest BCUT2D eigenvalue weighted by Crippen LogP contribution is 2.25. The van der Waals surface area contributed by atoms with Crippen LogP contribution < -0.4 is 31.8 Å². The Morgan fingerprint density at radius 3 is 2.55 bits per heavy atom. The highest BCUT2D eigenvalue weighted by molar-refractivity contribution is 5.60. The smallest absolute Gasteiger partial charge is 0.273 e. The number of aromatic nitrogens is 3. The zero-order chi connectivity index (χ0) is 22.8. The maximum absolute atomic E-state index is 14.3. The molecule has 5 rings (SSSR count). The van der Waals surface area contributed by atoms with Crippen LogP contribution in [0.3, 0.4) is 0 Å². The van der Waals surface area contributed by atoms with Crippen LogP contribution in [-0.2, 0) is 0 Å². The van der Waals surface area contributed by atoms with Crippen molar-refractivity contribution in [1.29, 1.82) is 0 Å². The second kappa shape index (κ2) is 9.16. The summed E-state index contributed by atoms with van der Waals surface area (Å²) in [7, 11) is 0. The molecule has 0 spiro atoms. The first-order valence-electron chi connectivity index (χ1n) is 11.1. The largest absolute Gasteiger partial charge is 0.369 e. The van der Waals surface area contributed by atoms with Crippen LogP contribution in [0.25, 0.3) is 11.3 Å². The minimum atomic E-state index is -0.534. The average Bonchev–Trinajstić information content (AvgIpc) is 2.87. The molecule has 2 saturated heterocycles. The molecule has 1 atom stereocenters. The zero-order valence-corrected chi connectivity index (χ0v) is 18.2. The molecule has 4 heterocycles. The summed E-state index contributed by atoms with van der Waals surface area (Å²) in [5.74, 6) is 5.83. The van der Waals surface area contributed by atoms with Gasteiger partial charge in [-0.1, -0.05) is 12.1 Å². The van der Waals surface area contributed by atoms with Gasteiger partial charge in [-0.3, -0.25) is 9.78 Å². The molecule has 2 aliphatic heterocycles. The van der Waals surface area contributed by atoms with E-state index >= 15 is 0 Å². The molecule has 172 valence electrons. The third kappa shape index (κ3) is 4.39. The number of benzene rings is 1. The first-order chi connectivity index (χ1) is 16.1.